The first-order chi connectivity index (χ1) is 49.3. The smallest absolute Gasteiger partial charge is 0.164 e. The van der Waals surface area contributed by atoms with Gasteiger partial charge in [-0.1, -0.05) is 326 Å². The molecule has 0 aliphatic carbocycles. The van der Waals surface area contributed by atoms with Crippen LogP contribution in [0.5, 0.6) is 0 Å². The predicted octanol–water partition coefficient (Wildman–Crippen LogP) is 22.7. The lowest BCUT2D eigenvalue weighted by Crippen LogP contribution is -2.54. The molecule has 0 bridgehead atoms. The largest absolute Gasteiger partial charge is 0.311 e. The molecule has 13 rings (SSSR count). The van der Waals surface area contributed by atoms with Crippen molar-refractivity contribution in [3.8, 4) is 45.6 Å². The maximum Gasteiger partial charge on any atom is 0.164 e. The number of hydrogen-bond donors (Lipinski definition) is 3. The van der Waals surface area contributed by atoms with E-state index in [9.17, 15) is 0 Å². The lowest BCUT2D eigenvalue weighted by Gasteiger charge is -2.40. The zero-order chi connectivity index (χ0) is 72.2. The number of hydrogen-bond acceptors (Lipinski definition) is 10. The molecule has 1 aliphatic heterocycles. The Morgan fingerprint density at radius 2 is 0.437 bits per heavy atom. The van der Waals surface area contributed by atoms with Crippen LogP contribution in [0.1, 0.15) is 186 Å². The molecule has 1 saturated heterocycles. The van der Waals surface area contributed by atoms with E-state index in [1.807, 2.05) is 13.8 Å². The van der Waals surface area contributed by atoms with Gasteiger partial charge in [-0.25, -0.2) is 29.9 Å². The van der Waals surface area contributed by atoms with E-state index in [4.69, 9.17) is 15.0 Å². The Labute approximate surface area is 610 Å². The van der Waals surface area contributed by atoms with Gasteiger partial charge in [0.15, 0.2) is 23.3 Å². The van der Waals surface area contributed by atoms with E-state index >= 15 is 0 Å². The molecule has 3 N–H and O–H groups in total. The summed E-state index contributed by atoms with van der Waals surface area (Å²) in [6, 6.07) is 87.3. The predicted molar refractivity (Wildman–Crippen MR) is 431 cm³/mol. The van der Waals surface area contributed by atoms with Gasteiger partial charge in [-0.3, -0.25) is 16.0 Å². The second kappa shape index (κ2) is 29.6. The Morgan fingerprint density at radius 3 is 0.680 bits per heavy atom. The van der Waals surface area contributed by atoms with Crippen LogP contribution in [-0.2, 0) is 21.7 Å². The molecule has 10 aromatic carbocycles. The van der Waals surface area contributed by atoms with Crippen LogP contribution in [0.4, 0.5) is 17.1 Å². The van der Waals surface area contributed by atoms with Gasteiger partial charge in [-0.2, -0.15) is 0 Å². The van der Waals surface area contributed by atoms with Gasteiger partial charge >= 0.3 is 0 Å². The Hall–Kier alpha value is -10.9. The minimum absolute atomic E-state index is 0.0284. The number of nitrogens with one attached hydrogen (secondary N) is 3. The molecule has 103 heavy (non-hydrogen) atoms. The fourth-order valence-corrected chi connectivity index (χ4v) is 12.8. The van der Waals surface area contributed by atoms with E-state index in [0.717, 1.165) is 72.7 Å². The van der Waals surface area contributed by atoms with Gasteiger partial charge in [-0.15, -0.1) is 0 Å². The second-order valence-electron chi connectivity index (χ2n) is 31.3. The van der Waals surface area contributed by atoms with E-state index < -0.39 is 0 Å². The average molecular weight is 1350 g/mol. The SMILES string of the molecule is Cc1nc(C)nc(-c2ccc(C=Cc3ccc(N(c4ccc(C=Cc5ccc(-c6nc(-c7ccc(C(C)(C)C)cc7)nc(-c7ccc(C(C)(C)C)cc7)n6)cc5)cc4)c4ccc(C=Cc5ccc(C6NC(c7ccc(C(C)(C)C)cc7)NC(c7ccc(C(C)(C)C)cc7)N6)cc5)cc4)cc3)cc2)n1. The zero-order valence-electron chi connectivity index (χ0n) is 61.9. The maximum absolute atomic E-state index is 5.08. The third-order valence-corrected chi connectivity index (χ3v) is 19.2. The first-order valence-corrected chi connectivity index (χ1v) is 35.9. The van der Waals surface area contributed by atoms with Gasteiger partial charge < -0.3 is 4.90 Å². The summed E-state index contributed by atoms with van der Waals surface area (Å²) < 4.78 is 0. The molecule has 516 valence electrons. The summed E-state index contributed by atoms with van der Waals surface area (Å²) in [7, 11) is 0. The highest BCUT2D eigenvalue weighted by molar-refractivity contribution is 5.81. The molecule has 0 saturated carbocycles. The molecule has 1 fully saturated rings. The molecule has 2 unspecified atom stereocenters. The summed E-state index contributed by atoms with van der Waals surface area (Å²) in [6.45, 7) is 30.7. The Balaban J connectivity index is 0.738. The van der Waals surface area contributed by atoms with Crippen LogP contribution >= 0.6 is 0 Å². The lowest BCUT2D eigenvalue weighted by atomic mass is 9.86. The minimum Gasteiger partial charge on any atom is -0.311 e. The van der Waals surface area contributed by atoms with Crippen molar-refractivity contribution in [2.75, 3.05) is 4.90 Å². The third kappa shape index (κ3) is 17.4. The number of benzene rings is 10. The summed E-state index contributed by atoms with van der Waals surface area (Å²) in [6.07, 6.45) is 12.7. The van der Waals surface area contributed by atoms with E-state index in [0.29, 0.717) is 34.9 Å². The van der Waals surface area contributed by atoms with Crippen molar-refractivity contribution in [2.24, 2.45) is 0 Å². The maximum atomic E-state index is 5.08. The average Bonchev–Trinajstić information content (AvgIpc) is 0.799. The van der Waals surface area contributed by atoms with Crippen molar-refractivity contribution in [1.82, 2.24) is 45.9 Å². The summed E-state index contributed by atoms with van der Waals surface area (Å²) in [5, 5.41) is 11.7. The van der Waals surface area contributed by atoms with Gasteiger partial charge in [-0.05, 0) is 144 Å². The van der Waals surface area contributed by atoms with Gasteiger partial charge in [0, 0.05) is 39.3 Å². The number of nitrogens with zero attached hydrogens (tertiary/aromatic N) is 7. The monoisotopic (exact) mass is 1350 g/mol. The molecule has 10 nitrogen and oxygen atoms in total. The van der Waals surface area contributed by atoms with Crippen molar-refractivity contribution in [2.45, 2.75) is 137 Å². The molecule has 2 atom stereocenters. The number of rotatable bonds is 16. The Kier molecular flexibility index (Phi) is 20.3. The molecule has 12 aromatic rings. The van der Waals surface area contributed by atoms with Crippen LogP contribution in [0.15, 0.2) is 243 Å². The molecular weight excluding hydrogens is 1260 g/mol. The van der Waals surface area contributed by atoms with Crippen LogP contribution < -0.4 is 20.9 Å². The molecular formula is C93H94N10. The van der Waals surface area contributed by atoms with Crippen LogP contribution in [0, 0.1) is 13.8 Å². The van der Waals surface area contributed by atoms with Crippen LogP contribution in [-0.4, -0.2) is 29.9 Å². The normalized spacial score (nSPS) is 15.3. The molecule has 0 radical (unpaired) electrons. The van der Waals surface area contributed by atoms with E-state index in [1.54, 1.807) is 0 Å². The fourth-order valence-electron chi connectivity index (χ4n) is 12.8. The van der Waals surface area contributed by atoms with Crippen molar-refractivity contribution in [3.05, 3.63) is 327 Å². The number of aromatic nitrogens is 6. The minimum atomic E-state index is -0.0997. The van der Waals surface area contributed by atoms with E-state index in [-0.39, 0.29) is 40.2 Å². The molecule has 3 heterocycles. The molecule has 10 heteroatoms. The van der Waals surface area contributed by atoms with Crippen molar-refractivity contribution in [1.29, 1.82) is 0 Å². The van der Waals surface area contributed by atoms with Gasteiger partial charge in [0.25, 0.3) is 0 Å². The van der Waals surface area contributed by atoms with E-state index in [2.05, 4.69) is 398 Å². The quantitative estimate of drug-likeness (QED) is 0.0808. The Bertz CT molecular complexity index is 4810. The van der Waals surface area contributed by atoms with Crippen molar-refractivity contribution < 1.29 is 0 Å². The summed E-state index contributed by atoms with van der Waals surface area (Å²) in [5.74, 6) is 4.02. The zero-order valence-corrected chi connectivity index (χ0v) is 61.9. The van der Waals surface area contributed by atoms with E-state index in [1.165, 1.54) is 38.9 Å². The number of anilines is 3. The van der Waals surface area contributed by atoms with Crippen molar-refractivity contribution in [3.63, 3.8) is 0 Å². The first kappa shape index (κ1) is 70.6. The highest BCUT2D eigenvalue weighted by atomic mass is 15.4. The second-order valence-corrected chi connectivity index (χ2v) is 31.3. The molecule has 0 spiro atoms. The summed E-state index contributed by atoms with van der Waals surface area (Å²) >= 11 is 0. The van der Waals surface area contributed by atoms with Crippen LogP contribution in [0.25, 0.3) is 82.0 Å². The van der Waals surface area contributed by atoms with Crippen LogP contribution in [0.2, 0.25) is 0 Å². The standard InChI is InChI=1S/C93H94N10/c1-61-94-62(2)96-83(95-61)69-33-21-63(22-34-69)15-18-66-27-55-80(56-28-66)103(81-57-29-67(30-58-81)19-16-64-23-35-70(36-24-64)84-97-86(72-39-47-76(48-40-72)90(3,4)5)101-87(98-84)73-41-49-77(50-42-73)91(6,7)8)82-59-31-68(32-60-82)20-17-65-25-37-71(38-26-65)85-99-88(74-43-51-78(52-44-74)92(9,10)11)102-89(100-85)75-45-53-79(54-46-75)93(12,13)14/h15-60,84,86-87,97-98,101H,1-14H3. The topological polar surface area (TPSA) is 117 Å². The van der Waals surface area contributed by atoms with Gasteiger partial charge in [0.2, 0.25) is 0 Å². The Morgan fingerprint density at radius 1 is 0.243 bits per heavy atom. The first-order valence-electron chi connectivity index (χ1n) is 35.9. The van der Waals surface area contributed by atoms with Crippen molar-refractivity contribution >= 4 is 53.5 Å². The highest BCUT2D eigenvalue weighted by Crippen LogP contribution is 2.38. The third-order valence-electron chi connectivity index (χ3n) is 19.2. The van der Waals surface area contributed by atoms with Gasteiger partial charge in [0.05, 0.1) is 18.5 Å². The lowest BCUT2D eigenvalue weighted by molar-refractivity contribution is 0.203. The number of aryl methyl sites for hydroxylation is 2. The molecule has 2 aromatic heterocycles. The summed E-state index contributed by atoms with van der Waals surface area (Å²) in [5.41, 5.74) is 22.4. The summed E-state index contributed by atoms with van der Waals surface area (Å²) in [4.78, 5) is 31.0. The van der Waals surface area contributed by atoms with Crippen LogP contribution in [0.3, 0.4) is 0 Å². The molecule has 1 aliphatic rings. The highest BCUT2D eigenvalue weighted by Gasteiger charge is 2.31. The fraction of sp³-hybridized carbons (Fsp3) is 0.226. The van der Waals surface area contributed by atoms with Gasteiger partial charge in [0.1, 0.15) is 11.6 Å². The molecule has 0 amide bonds.